The summed E-state index contributed by atoms with van der Waals surface area (Å²) in [7, 11) is -0.502. The van der Waals surface area contributed by atoms with Gasteiger partial charge in [0.25, 0.3) is 5.78 Å². The van der Waals surface area contributed by atoms with Crippen LogP contribution in [0.1, 0.15) is 12.5 Å². The first-order valence-corrected chi connectivity index (χ1v) is 6.52. The summed E-state index contributed by atoms with van der Waals surface area (Å²) in [5, 5.41) is 0. The summed E-state index contributed by atoms with van der Waals surface area (Å²) in [4.78, 5) is 23.1. The summed E-state index contributed by atoms with van der Waals surface area (Å²) in [5.41, 5.74) is 0.0322. The largest absolute Gasteiger partial charge is 0.796 e. The summed E-state index contributed by atoms with van der Waals surface area (Å²) >= 11 is 0. The lowest BCUT2D eigenvalue weighted by atomic mass is 10.1. The van der Waals surface area contributed by atoms with Crippen LogP contribution in [-0.4, -0.2) is 40.0 Å². The molecule has 1 aromatic rings. The first kappa shape index (κ1) is 18.5. The number of hydrogen-bond donors (Lipinski definition) is 0. The van der Waals surface area contributed by atoms with Crippen molar-refractivity contribution in [3.63, 3.8) is 0 Å². The van der Waals surface area contributed by atoms with Gasteiger partial charge in [-0.3, -0.25) is 4.79 Å². The number of esters is 1. The Kier molecular flexibility index (Phi) is 7.04. The average Bonchev–Trinajstić information content (AvgIpc) is 2.53. The molecule has 0 aliphatic carbocycles. The zero-order chi connectivity index (χ0) is 17.4. The highest BCUT2D eigenvalue weighted by molar-refractivity contribution is 6.40. The van der Waals surface area contributed by atoms with E-state index in [1.54, 1.807) is 0 Å². The molecule has 6 nitrogen and oxygen atoms in total. The summed E-state index contributed by atoms with van der Waals surface area (Å²) < 4.78 is 44.2. The molecule has 0 amide bonds. The van der Waals surface area contributed by atoms with Gasteiger partial charge in [-0.05, 0) is 25.1 Å². The second-order valence-corrected chi connectivity index (χ2v) is 4.04. The van der Waals surface area contributed by atoms with E-state index in [1.807, 2.05) is 0 Å². The van der Waals surface area contributed by atoms with E-state index < -0.39 is 25.0 Å². The number of ether oxygens (including phenoxy) is 3. The summed E-state index contributed by atoms with van der Waals surface area (Å²) in [6.07, 6.45) is 0.626. The van der Waals surface area contributed by atoms with Crippen molar-refractivity contribution in [2.45, 2.75) is 6.92 Å². The fourth-order valence-electron chi connectivity index (χ4n) is 1.66. The monoisotopic (exact) mass is 328 g/mol. The van der Waals surface area contributed by atoms with Crippen LogP contribution in [0, 0.1) is 0 Å². The van der Waals surface area contributed by atoms with E-state index in [4.69, 9.17) is 9.47 Å². The SMILES string of the molecule is CCOC(=O)C(=O)C=C(OB(F)F)c1cc(OC)ccc1OC. The molecular weight excluding hydrogens is 313 g/mol. The van der Waals surface area contributed by atoms with E-state index in [9.17, 15) is 18.2 Å². The minimum absolute atomic E-state index is 0.0219. The predicted molar refractivity (Wildman–Crippen MR) is 78.2 cm³/mol. The quantitative estimate of drug-likeness (QED) is 0.239. The van der Waals surface area contributed by atoms with Crippen LogP contribution in [0.15, 0.2) is 24.3 Å². The van der Waals surface area contributed by atoms with E-state index >= 15 is 0 Å². The van der Waals surface area contributed by atoms with Gasteiger partial charge in [-0.15, -0.1) is 0 Å². The molecule has 1 aromatic carbocycles. The number of rotatable bonds is 8. The molecule has 0 radical (unpaired) electrons. The second-order valence-electron chi connectivity index (χ2n) is 4.04. The van der Waals surface area contributed by atoms with Crippen molar-refractivity contribution < 1.29 is 37.1 Å². The molecule has 0 atom stereocenters. The van der Waals surface area contributed by atoms with Gasteiger partial charge in [0.2, 0.25) is 0 Å². The van der Waals surface area contributed by atoms with Crippen molar-refractivity contribution in [1.29, 1.82) is 0 Å². The molecule has 0 aliphatic rings. The highest BCUT2D eigenvalue weighted by Gasteiger charge is 2.25. The van der Waals surface area contributed by atoms with E-state index in [0.717, 1.165) is 0 Å². The zero-order valence-electron chi connectivity index (χ0n) is 12.8. The highest BCUT2D eigenvalue weighted by atomic mass is 19.2. The molecule has 0 N–H and O–H groups in total. The number of benzene rings is 1. The average molecular weight is 328 g/mol. The number of halogens is 2. The van der Waals surface area contributed by atoms with Gasteiger partial charge in [-0.2, -0.15) is 0 Å². The molecule has 9 heteroatoms. The fraction of sp³-hybridized carbons (Fsp3) is 0.286. The Morgan fingerprint density at radius 3 is 2.43 bits per heavy atom. The normalized spacial score (nSPS) is 10.7. The van der Waals surface area contributed by atoms with Crippen LogP contribution in [-0.2, 0) is 19.0 Å². The maximum atomic E-state index is 12.6. The topological polar surface area (TPSA) is 71.1 Å². The number of carbonyl (C=O) groups excluding carboxylic acids is 2. The number of ketones is 1. The van der Waals surface area contributed by atoms with Crippen LogP contribution in [0.5, 0.6) is 11.5 Å². The summed E-state index contributed by atoms with van der Waals surface area (Å²) in [6, 6.07) is 4.33. The van der Waals surface area contributed by atoms with Gasteiger partial charge in [0.1, 0.15) is 17.3 Å². The van der Waals surface area contributed by atoms with Crippen molar-refractivity contribution in [3.05, 3.63) is 29.8 Å². The molecule has 0 unspecified atom stereocenters. The molecule has 0 spiro atoms. The third-order valence-corrected chi connectivity index (χ3v) is 2.63. The van der Waals surface area contributed by atoms with Crippen molar-refractivity contribution in [2.75, 3.05) is 20.8 Å². The molecule has 0 saturated heterocycles. The van der Waals surface area contributed by atoms with Crippen LogP contribution in [0.25, 0.3) is 5.76 Å². The van der Waals surface area contributed by atoms with Crippen LogP contribution in [0.3, 0.4) is 0 Å². The molecule has 0 bridgehead atoms. The Labute approximate surface area is 132 Å². The summed E-state index contributed by atoms with van der Waals surface area (Å²) in [6.45, 7) is 1.49. The minimum atomic E-state index is -3.20. The number of methoxy groups -OCH3 is 2. The molecule has 1 rings (SSSR count). The number of carbonyl (C=O) groups is 2. The first-order valence-electron chi connectivity index (χ1n) is 6.52. The van der Waals surface area contributed by atoms with Gasteiger partial charge in [0.05, 0.1) is 26.4 Å². The molecule has 124 valence electrons. The van der Waals surface area contributed by atoms with Gasteiger partial charge in [0, 0.05) is 6.08 Å². The maximum Gasteiger partial charge on any atom is 0.796 e. The Balaban J connectivity index is 3.30. The molecule has 0 aliphatic heterocycles. The van der Waals surface area contributed by atoms with Gasteiger partial charge in [-0.25, -0.2) is 13.4 Å². The van der Waals surface area contributed by atoms with Crippen LogP contribution < -0.4 is 9.47 Å². The van der Waals surface area contributed by atoms with Crippen molar-refractivity contribution in [1.82, 2.24) is 0 Å². The third-order valence-electron chi connectivity index (χ3n) is 2.63. The Morgan fingerprint density at radius 1 is 1.22 bits per heavy atom. The van der Waals surface area contributed by atoms with Gasteiger partial charge in [0.15, 0.2) is 0 Å². The van der Waals surface area contributed by atoms with Crippen LogP contribution >= 0.6 is 0 Å². The standard InChI is InChI=1S/C14H15BF2O6/c1-4-22-14(19)11(18)8-13(23-15(16)17)10-7-9(20-2)5-6-12(10)21-3/h5-8H,4H2,1-3H3. The maximum absolute atomic E-state index is 12.6. The molecule has 23 heavy (non-hydrogen) atoms. The molecule has 0 heterocycles. The third kappa shape index (κ3) is 5.28. The predicted octanol–water partition coefficient (Wildman–Crippen LogP) is 2.12. The van der Waals surface area contributed by atoms with Crippen molar-refractivity contribution in [3.8, 4) is 11.5 Å². The fourth-order valence-corrected chi connectivity index (χ4v) is 1.66. The lowest BCUT2D eigenvalue weighted by molar-refractivity contribution is -0.151. The Morgan fingerprint density at radius 2 is 1.91 bits per heavy atom. The lowest BCUT2D eigenvalue weighted by Gasteiger charge is -2.13. The Bertz CT molecular complexity index is 603. The van der Waals surface area contributed by atoms with Crippen LogP contribution in [0.2, 0.25) is 0 Å². The van der Waals surface area contributed by atoms with E-state index in [-0.39, 0.29) is 17.9 Å². The smallest absolute Gasteiger partial charge is 0.504 e. The van der Waals surface area contributed by atoms with Gasteiger partial charge < -0.3 is 18.9 Å². The van der Waals surface area contributed by atoms with Gasteiger partial charge >= 0.3 is 13.4 Å². The Hall–Kier alpha value is -2.58. The van der Waals surface area contributed by atoms with E-state index in [2.05, 4.69) is 9.39 Å². The number of hydrogen-bond acceptors (Lipinski definition) is 6. The van der Waals surface area contributed by atoms with E-state index in [1.165, 1.54) is 39.3 Å². The molecule has 0 fully saturated rings. The zero-order valence-corrected chi connectivity index (χ0v) is 12.8. The van der Waals surface area contributed by atoms with E-state index in [0.29, 0.717) is 11.8 Å². The van der Waals surface area contributed by atoms with Crippen molar-refractivity contribution in [2.24, 2.45) is 0 Å². The highest BCUT2D eigenvalue weighted by Crippen LogP contribution is 2.31. The van der Waals surface area contributed by atoms with Crippen LogP contribution in [0.4, 0.5) is 8.63 Å². The molecule has 0 aromatic heterocycles. The van der Waals surface area contributed by atoms with Crippen molar-refractivity contribution >= 4 is 25.0 Å². The summed E-state index contributed by atoms with van der Waals surface area (Å²) in [5.74, 6) is -2.35. The molecular formula is C14H15BF2O6. The minimum Gasteiger partial charge on any atom is -0.504 e. The molecule has 0 saturated carbocycles. The van der Waals surface area contributed by atoms with Gasteiger partial charge in [-0.1, -0.05) is 0 Å². The second kappa shape index (κ2) is 8.77. The lowest BCUT2D eigenvalue weighted by Crippen LogP contribution is -2.16. The first-order chi connectivity index (χ1) is 10.9.